The summed E-state index contributed by atoms with van der Waals surface area (Å²) in [5.74, 6) is 2.58. The minimum absolute atomic E-state index is 0.00289. The Balaban J connectivity index is 1.47. The van der Waals surface area contributed by atoms with Crippen molar-refractivity contribution in [1.82, 2.24) is 15.1 Å². The first-order valence-electron chi connectivity index (χ1n) is 7.94. The molecule has 0 radical (unpaired) electrons. The zero-order valence-corrected chi connectivity index (χ0v) is 13.4. The number of hydrogen-bond acceptors (Lipinski definition) is 4. The molecule has 0 atom stereocenters. The van der Waals surface area contributed by atoms with Crippen molar-refractivity contribution in [3.63, 3.8) is 0 Å². The minimum atomic E-state index is -0.399. The molecule has 0 spiro atoms. The molecule has 3 rings (SSSR count). The molecule has 6 heteroatoms. The Bertz CT molecular complexity index is 767. The molecule has 6 nitrogen and oxygen atoms in total. The standard InChI is InChI=1S/C18H19N5O/c1-2-3-9-18(21-22-18)10-8-17(24)19-14-15-6-4-7-16(13-15)23-12-5-11-20-23/h1,4-7,11-13H,3,8-10,14H2,(H,19,24). The topological polar surface area (TPSA) is 71.6 Å². The maximum absolute atomic E-state index is 12.0. The number of amides is 1. The van der Waals surface area contributed by atoms with Crippen molar-refractivity contribution in [2.45, 2.75) is 37.9 Å². The van der Waals surface area contributed by atoms with Gasteiger partial charge in [-0.3, -0.25) is 4.79 Å². The maximum Gasteiger partial charge on any atom is 0.220 e. The fraction of sp³-hybridized carbons (Fsp3) is 0.333. The fourth-order valence-electron chi connectivity index (χ4n) is 2.50. The molecule has 0 aliphatic carbocycles. The van der Waals surface area contributed by atoms with E-state index in [0.29, 0.717) is 25.8 Å². The smallest absolute Gasteiger partial charge is 0.220 e. The second-order valence-corrected chi connectivity index (χ2v) is 5.78. The number of carbonyl (C=O) groups is 1. The van der Waals surface area contributed by atoms with Crippen LogP contribution in [-0.2, 0) is 11.3 Å². The van der Waals surface area contributed by atoms with Crippen LogP contribution in [0.3, 0.4) is 0 Å². The normalized spacial score (nSPS) is 14.1. The van der Waals surface area contributed by atoms with E-state index in [1.165, 1.54) is 0 Å². The minimum Gasteiger partial charge on any atom is -0.352 e. The monoisotopic (exact) mass is 321 g/mol. The Hall–Kier alpha value is -2.94. The molecule has 1 aromatic heterocycles. The highest BCUT2D eigenvalue weighted by molar-refractivity contribution is 5.76. The van der Waals surface area contributed by atoms with E-state index in [2.05, 4.69) is 26.6 Å². The summed E-state index contributed by atoms with van der Waals surface area (Å²) in [5.41, 5.74) is 1.60. The van der Waals surface area contributed by atoms with Gasteiger partial charge < -0.3 is 5.32 Å². The van der Waals surface area contributed by atoms with Crippen LogP contribution in [0, 0.1) is 12.3 Å². The second-order valence-electron chi connectivity index (χ2n) is 5.78. The number of carbonyl (C=O) groups excluding carboxylic acids is 1. The predicted octanol–water partition coefficient (Wildman–Crippen LogP) is 2.84. The summed E-state index contributed by atoms with van der Waals surface area (Å²) in [5, 5.41) is 15.2. The number of nitrogens with zero attached hydrogens (tertiary/aromatic N) is 4. The van der Waals surface area contributed by atoms with Crippen molar-refractivity contribution in [2.24, 2.45) is 10.2 Å². The number of terminal acetylenes is 1. The van der Waals surface area contributed by atoms with Gasteiger partial charge in [-0.25, -0.2) is 4.68 Å². The quantitative estimate of drug-likeness (QED) is 0.759. The summed E-state index contributed by atoms with van der Waals surface area (Å²) in [6.07, 6.45) is 11.3. The maximum atomic E-state index is 12.0. The van der Waals surface area contributed by atoms with Gasteiger partial charge in [-0.2, -0.15) is 15.3 Å². The van der Waals surface area contributed by atoms with Crippen LogP contribution in [0.1, 0.15) is 31.2 Å². The fourth-order valence-corrected chi connectivity index (χ4v) is 2.50. The summed E-state index contributed by atoms with van der Waals surface area (Å²) in [6, 6.07) is 9.79. The second kappa shape index (κ2) is 7.09. The number of benzene rings is 1. The van der Waals surface area contributed by atoms with Gasteiger partial charge in [-0.05, 0) is 23.8 Å². The van der Waals surface area contributed by atoms with E-state index in [0.717, 1.165) is 17.7 Å². The van der Waals surface area contributed by atoms with Gasteiger partial charge in [0.2, 0.25) is 5.91 Å². The van der Waals surface area contributed by atoms with E-state index in [1.807, 2.05) is 36.5 Å². The van der Waals surface area contributed by atoms with Crippen LogP contribution in [0.4, 0.5) is 0 Å². The van der Waals surface area contributed by atoms with Crippen LogP contribution in [-0.4, -0.2) is 21.4 Å². The van der Waals surface area contributed by atoms with Crippen LogP contribution in [0.5, 0.6) is 0 Å². The van der Waals surface area contributed by atoms with Crippen molar-refractivity contribution in [3.05, 3.63) is 48.3 Å². The first kappa shape index (κ1) is 15.9. The van der Waals surface area contributed by atoms with Crippen molar-refractivity contribution in [2.75, 3.05) is 0 Å². The van der Waals surface area contributed by atoms with Gasteiger partial charge in [0.15, 0.2) is 5.66 Å². The van der Waals surface area contributed by atoms with Gasteiger partial charge >= 0.3 is 0 Å². The molecule has 0 saturated heterocycles. The van der Waals surface area contributed by atoms with Gasteiger partial charge in [0.05, 0.1) is 5.69 Å². The summed E-state index contributed by atoms with van der Waals surface area (Å²) in [7, 11) is 0. The van der Waals surface area contributed by atoms with Gasteiger partial charge in [-0.15, -0.1) is 12.3 Å². The molecule has 24 heavy (non-hydrogen) atoms. The molecule has 1 amide bonds. The van der Waals surface area contributed by atoms with Crippen LogP contribution < -0.4 is 5.32 Å². The van der Waals surface area contributed by atoms with Gasteiger partial charge in [0, 0.05) is 44.6 Å². The first-order valence-corrected chi connectivity index (χ1v) is 7.94. The summed E-state index contributed by atoms with van der Waals surface area (Å²) >= 11 is 0. The van der Waals surface area contributed by atoms with E-state index in [4.69, 9.17) is 6.42 Å². The highest BCUT2D eigenvalue weighted by Gasteiger charge is 2.39. The molecule has 2 heterocycles. The highest BCUT2D eigenvalue weighted by atomic mass is 16.1. The molecule has 1 aromatic carbocycles. The summed E-state index contributed by atoms with van der Waals surface area (Å²) in [6.45, 7) is 0.486. The lowest BCUT2D eigenvalue weighted by Gasteiger charge is -2.10. The Morgan fingerprint density at radius 1 is 1.29 bits per heavy atom. The van der Waals surface area contributed by atoms with Crippen LogP contribution in [0.2, 0.25) is 0 Å². The summed E-state index contributed by atoms with van der Waals surface area (Å²) in [4.78, 5) is 12.0. The van der Waals surface area contributed by atoms with Crippen molar-refractivity contribution >= 4 is 5.91 Å². The lowest BCUT2D eigenvalue weighted by atomic mass is 10.0. The van der Waals surface area contributed by atoms with Gasteiger partial charge in [0.1, 0.15) is 0 Å². The van der Waals surface area contributed by atoms with Crippen molar-refractivity contribution in [1.29, 1.82) is 0 Å². The average molecular weight is 321 g/mol. The van der Waals surface area contributed by atoms with E-state index in [9.17, 15) is 4.79 Å². The Kier molecular flexibility index (Phi) is 4.71. The Labute approximate surface area is 141 Å². The van der Waals surface area contributed by atoms with Crippen LogP contribution in [0.15, 0.2) is 53.0 Å². The average Bonchev–Trinajstić information content (AvgIpc) is 3.16. The molecule has 122 valence electrons. The SMILES string of the molecule is C#CCCC1(CCC(=O)NCc2cccc(-n3cccn3)c2)N=N1. The molecule has 0 saturated carbocycles. The highest BCUT2D eigenvalue weighted by Crippen LogP contribution is 2.37. The molecule has 2 aromatic rings. The van der Waals surface area contributed by atoms with E-state index >= 15 is 0 Å². The molecule has 0 bridgehead atoms. The van der Waals surface area contributed by atoms with Gasteiger partial charge in [-0.1, -0.05) is 12.1 Å². The summed E-state index contributed by atoms with van der Waals surface area (Å²) < 4.78 is 1.79. The lowest BCUT2D eigenvalue weighted by molar-refractivity contribution is -0.121. The third kappa shape index (κ3) is 4.07. The Morgan fingerprint density at radius 3 is 2.88 bits per heavy atom. The first-order chi connectivity index (χ1) is 11.7. The van der Waals surface area contributed by atoms with Crippen LogP contribution in [0.25, 0.3) is 5.69 Å². The molecule has 1 aliphatic rings. The Morgan fingerprint density at radius 2 is 2.17 bits per heavy atom. The van der Waals surface area contributed by atoms with E-state index in [-0.39, 0.29) is 5.91 Å². The molecular weight excluding hydrogens is 302 g/mol. The predicted molar refractivity (Wildman–Crippen MR) is 90.3 cm³/mol. The van der Waals surface area contributed by atoms with Gasteiger partial charge in [0.25, 0.3) is 0 Å². The third-order valence-corrected chi connectivity index (χ3v) is 3.97. The largest absolute Gasteiger partial charge is 0.352 e. The number of rotatable bonds is 8. The van der Waals surface area contributed by atoms with Crippen molar-refractivity contribution < 1.29 is 4.79 Å². The van der Waals surface area contributed by atoms with E-state index in [1.54, 1.807) is 10.9 Å². The number of nitrogens with one attached hydrogen (secondary N) is 1. The molecule has 0 fully saturated rings. The van der Waals surface area contributed by atoms with E-state index < -0.39 is 5.66 Å². The zero-order valence-electron chi connectivity index (χ0n) is 13.4. The van der Waals surface area contributed by atoms with Crippen molar-refractivity contribution in [3.8, 4) is 18.0 Å². The lowest BCUT2D eigenvalue weighted by Crippen LogP contribution is -2.24. The number of hydrogen-bond donors (Lipinski definition) is 1. The molecular formula is C18H19N5O. The zero-order chi connectivity index (χ0) is 16.8. The van der Waals surface area contributed by atoms with Crippen LogP contribution >= 0.6 is 0 Å². The molecule has 1 N–H and O–H groups in total. The number of aromatic nitrogens is 2. The molecule has 0 unspecified atom stereocenters. The molecule has 1 aliphatic heterocycles. The third-order valence-electron chi connectivity index (χ3n) is 3.97.